The molecule has 9 nitrogen and oxygen atoms in total. The first kappa shape index (κ1) is 19.2. The number of esters is 1. The minimum atomic E-state index is -0.880. The Bertz CT molecular complexity index is 938. The highest BCUT2D eigenvalue weighted by molar-refractivity contribution is 5.98. The number of ether oxygens (including phenoxy) is 3. The Morgan fingerprint density at radius 1 is 1.14 bits per heavy atom. The van der Waals surface area contributed by atoms with Gasteiger partial charge in [-0.1, -0.05) is 6.07 Å². The molecule has 0 radical (unpaired) electrons. The van der Waals surface area contributed by atoms with E-state index in [1.807, 2.05) is 0 Å². The third-order valence-electron chi connectivity index (χ3n) is 3.89. The molecule has 146 valence electrons. The van der Waals surface area contributed by atoms with Crippen molar-refractivity contribution < 1.29 is 39.2 Å². The predicted molar refractivity (Wildman–Crippen MR) is 95.4 cm³/mol. The fourth-order valence-electron chi connectivity index (χ4n) is 2.53. The number of hydrogen-bond donors (Lipinski definition) is 4. The minimum absolute atomic E-state index is 0.0573. The number of aromatic hydroxyl groups is 1. The topological polar surface area (TPSA) is 135 Å². The molecule has 9 heteroatoms. The summed E-state index contributed by atoms with van der Waals surface area (Å²) in [6.07, 6.45) is 2.54. The van der Waals surface area contributed by atoms with Crippen LogP contribution < -0.4 is 19.7 Å². The lowest BCUT2D eigenvalue weighted by Crippen LogP contribution is -2.22. The Labute approximate surface area is 159 Å². The Morgan fingerprint density at radius 3 is 2.54 bits per heavy atom. The molecular formula is C19H17NO8. The number of benzene rings is 2. The van der Waals surface area contributed by atoms with E-state index in [9.17, 15) is 14.7 Å². The lowest BCUT2D eigenvalue weighted by molar-refractivity contribution is -0.128. The molecule has 0 saturated carbocycles. The van der Waals surface area contributed by atoms with Gasteiger partial charge >= 0.3 is 5.97 Å². The number of rotatable bonds is 5. The average Bonchev–Trinajstić information content (AvgIpc) is 2.72. The summed E-state index contributed by atoms with van der Waals surface area (Å²) in [5, 5.41) is 27.6. The first-order valence-electron chi connectivity index (χ1n) is 8.22. The van der Waals surface area contributed by atoms with E-state index in [0.717, 1.165) is 6.08 Å². The van der Waals surface area contributed by atoms with Gasteiger partial charge in [0, 0.05) is 23.8 Å². The maximum Gasteiger partial charge on any atom is 0.336 e. The van der Waals surface area contributed by atoms with Crippen LogP contribution in [0.4, 0.5) is 0 Å². The van der Waals surface area contributed by atoms with Crippen LogP contribution in [0.5, 0.6) is 23.0 Å². The lowest BCUT2D eigenvalue weighted by Gasteiger charge is -2.20. The molecule has 0 aliphatic carbocycles. The van der Waals surface area contributed by atoms with Gasteiger partial charge in [-0.25, -0.2) is 10.3 Å². The molecule has 0 spiro atoms. The van der Waals surface area contributed by atoms with E-state index in [1.165, 1.54) is 35.8 Å². The van der Waals surface area contributed by atoms with Crippen molar-refractivity contribution >= 4 is 18.0 Å². The first-order chi connectivity index (χ1) is 13.5. The molecule has 1 heterocycles. The van der Waals surface area contributed by atoms with Crippen molar-refractivity contribution in [2.24, 2.45) is 0 Å². The van der Waals surface area contributed by atoms with Crippen LogP contribution in [-0.4, -0.2) is 40.5 Å². The second kappa shape index (κ2) is 8.42. The van der Waals surface area contributed by atoms with E-state index < -0.39 is 11.9 Å². The van der Waals surface area contributed by atoms with Crippen molar-refractivity contribution in [2.45, 2.75) is 6.61 Å². The molecule has 0 atom stereocenters. The number of hydroxylamine groups is 1. The number of fused-ring (bicyclic) bond motifs is 1. The Kier molecular flexibility index (Phi) is 5.78. The number of carbonyl (C=O) groups excluding carboxylic acids is 2. The third kappa shape index (κ3) is 4.22. The minimum Gasteiger partial charge on any atom is -0.508 e. The summed E-state index contributed by atoms with van der Waals surface area (Å²) in [6, 6.07) is 7.08. The summed E-state index contributed by atoms with van der Waals surface area (Å²) in [5.74, 6) is -1.25. The molecule has 0 saturated heterocycles. The van der Waals surface area contributed by atoms with Crippen LogP contribution >= 0.6 is 0 Å². The van der Waals surface area contributed by atoms with E-state index >= 15 is 0 Å². The summed E-state index contributed by atoms with van der Waals surface area (Å²) in [4.78, 5) is 24.0. The molecule has 0 aromatic heterocycles. The van der Waals surface area contributed by atoms with Gasteiger partial charge in [0.2, 0.25) is 0 Å². The predicted octanol–water partition coefficient (Wildman–Crippen LogP) is 1.39. The summed E-state index contributed by atoms with van der Waals surface area (Å²) in [6.45, 7) is 0.256. The van der Waals surface area contributed by atoms with Crippen LogP contribution in [0.15, 0.2) is 36.4 Å². The molecule has 0 bridgehead atoms. The summed E-state index contributed by atoms with van der Waals surface area (Å²) in [5.41, 5.74) is 2.23. The van der Waals surface area contributed by atoms with Crippen LogP contribution in [0.25, 0.3) is 6.08 Å². The molecular weight excluding hydrogens is 370 g/mol. The fourth-order valence-corrected chi connectivity index (χ4v) is 2.53. The number of aliphatic hydroxyl groups excluding tert-OH is 1. The highest BCUT2D eigenvalue weighted by Crippen LogP contribution is 2.37. The molecule has 28 heavy (non-hydrogen) atoms. The Balaban J connectivity index is 1.82. The summed E-state index contributed by atoms with van der Waals surface area (Å²) >= 11 is 0. The van der Waals surface area contributed by atoms with Crippen LogP contribution in [0.1, 0.15) is 21.5 Å². The van der Waals surface area contributed by atoms with Crippen LogP contribution in [-0.2, 0) is 11.4 Å². The van der Waals surface area contributed by atoms with Gasteiger partial charge in [0.05, 0.1) is 12.2 Å². The first-order valence-corrected chi connectivity index (χ1v) is 8.22. The van der Waals surface area contributed by atoms with E-state index in [4.69, 9.17) is 24.5 Å². The monoisotopic (exact) mass is 387 g/mol. The smallest absolute Gasteiger partial charge is 0.336 e. The van der Waals surface area contributed by atoms with Crippen molar-refractivity contribution in [2.75, 3.05) is 13.2 Å². The highest BCUT2D eigenvalue weighted by Gasteiger charge is 2.22. The maximum atomic E-state index is 12.2. The highest BCUT2D eigenvalue weighted by atomic mass is 16.6. The Hall–Kier alpha value is -3.56. The Morgan fingerprint density at radius 2 is 1.86 bits per heavy atom. The molecule has 2 aromatic carbocycles. The van der Waals surface area contributed by atoms with Crippen molar-refractivity contribution in [3.8, 4) is 23.0 Å². The second-order valence-corrected chi connectivity index (χ2v) is 5.73. The zero-order chi connectivity index (χ0) is 20.1. The molecule has 0 unspecified atom stereocenters. The van der Waals surface area contributed by atoms with Gasteiger partial charge in [-0.2, -0.15) is 0 Å². The van der Waals surface area contributed by atoms with E-state index in [2.05, 4.69) is 0 Å². The van der Waals surface area contributed by atoms with Gasteiger partial charge in [-0.3, -0.25) is 10.0 Å². The maximum absolute atomic E-state index is 12.2. The van der Waals surface area contributed by atoms with E-state index in [1.54, 1.807) is 6.07 Å². The summed E-state index contributed by atoms with van der Waals surface area (Å²) in [7, 11) is 0. The quantitative estimate of drug-likeness (QED) is 0.199. The number of hydrogen-bond acceptors (Lipinski definition) is 8. The fraction of sp³-hybridized carbons (Fsp3) is 0.158. The van der Waals surface area contributed by atoms with Gasteiger partial charge in [-0.05, 0) is 23.8 Å². The number of phenols is 1. The van der Waals surface area contributed by atoms with Crippen LogP contribution in [0.2, 0.25) is 0 Å². The van der Waals surface area contributed by atoms with Crippen LogP contribution in [0.3, 0.4) is 0 Å². The van der Waals surface area contributed by atoms with Crippen molar-refractivity contribution in [1.82, 2.24) is 5.48 Å². The van der Waals surface area contributed by atoms with E-state index in [0.29, 0.717) is 35.8 Å². The number of nitrogens with one attached hydrogen (secondary N) is 1. The molecule has 4 N–H and O–H groups in total. The SMILES string of the molecule is O=C(C=Cc1ccc(O)c(CO)c1)Oc1cc2c(cc1C(=O)NO)OCCO2. The second-order valence-electron chi connectivity index (χ2n) is 5.73. The van der Waals surface area contributed by atoms with Crippen LogP contribution in [0, 0.1) is 0 Å². The molecule has 1 aliphatic heterocycles. The number of amides is 1. The number of carbonyl (C=O) groups is 2. The zero-order valence-electron chi connectivity index (χ0n) is 14.5. The van der Waals surface area contributed by atoms with Gasteiger partial charge in [0.25, 0.3) is 5.91 Å². The normalized spacial score (nSPS) is 12.6. The summed E-state index contributed by atoms with van der Waals surface area (Å²) < 4.78 is 16.0. The zero-order valence-corrected chi connectivity index (χ0v) is 14.5. The van der Waals surface area contributed by atoms with Crippen molar-refractivity contribution in [3.63, 3.8) is 0 Å². The standard InChI is InChI=1S/C19H17NO8/c21-10-12-7-11(1-3-14(12)22)2-4-18(23)28-15-9-17-16(26-5-6-27-17)8-13(15)19(24)20-25/h1-4,7-9,21-22,25H,5-6,10H2,(H,20,24). The van der Waals surface area contributed by atoms with Gasteiger partial charge in [0.15, 0.2) is 11.5 Å². The van der Waals surface area contributed by atoms with Gasteiger partial charge in [-0.15, -0.1) is 0 Å². The van der Waals surface area contributed by atoms with Crippen molar-refractivity contribution in [3.05, 3.63) is 53.1 Å². The van der Waals surface area contributed by atoms with E-state index in [-0.39, 0.29) is 23.7 Å². The van der Waals surface area contributed by atoms with Crippen molar-refractivity contribution in [1.29, 1.82) is 0 Å². The number of aliphatic hydroxyl groups is 1. The molecule has 2 aromatic rings. The molecule has 1 amide bonds. The van der Waals surface area contributed by atoms with Gasteiger partial charge < -0.3 is 24.4 Å². The third-order valence-corrected chi connectivity index (χ3v) is 3.89. The lowest BCUT2D eigenvalue weighted by atomic mass is 10.1. The largest absolute Gasteiger partial charge is 0.508 e. The molecule has 3 rings (SSSR count). The average molecular weight is 387 g/mol. The molecule has 0 fully saturated rings. The van der Waals surface area contributed by atoms with Gasteiger partial charge in [0.1, 0.15) is 24.7 Å². The molecule has 1 aliphatic rings.